The first kappa shape index (κ1) is 28.6. The van der Waals surface area contributed by atoms with E-state index in [0.29, 0.717) is 66.3 Å². The highest BCUT2D eigenvalue weighted by Crippen LogP contribution is 2.40. The predicted molar refractivity (Wildman–Crippen MR) is 141 cm³/mol. The van der Waals surface area contributed by atoms with Gasteiger partial charge in [0.05, 0.1) is 29.8 Å². The van der Waals surface area contributed by atoms with Crippen LogP contribution in [0.5, 0.6) is 5.75 Å². The summed E-state index contributed by atoms with van der Waals surface area (Å²) in [7, 11) is 1.55. The molecule has 1 atom stereocenters. The highest BCUT2D eigenvalue weighted by Gasteiger charge is 2.41. The number of carbonyl (C=O) groups is 1. The van der Waals surface area contributed by atoms with E-state index in [0.717, 1.165) is 6.07 Å². The summed E-state index contributed by atoms with van der Waals surface area (Å²) < 4.78 is 46.0. The minimum absolute atomic E-state index is 0.172. The van der Waals surface area contributed by atoms with Gasteiger partial charge < -0.3 is 30.9 Å². The number of aliphatic hydroxyl groups is 1. The van der Waals surface area contributed by atoms with Gasteiger partial charge in [-0.2, -0.15) is 0 Å². The number of hydrogen-bond donors (Lipinski definition) is 4. The molecule has 1 aliphatic heterocycles. The van der Waals surface area contributed by atoms with E-state index < -0.39 is 34.9 Å². The van der Waals surface area contributed by atoms with E-state index in [1.807, 2.05) is 4.90 Å². The molecule has 3 aromatic rings. The second-order valence-electron chi connectivity index (χ2n) is 9.94. The van der Waals surface area contributed by atoms with Gasteiger partial charge >= 0.3 is 5.97 Å². The quantitative estimate of drug-likeness (QED) is 0.264. The Morgan fingerprint density at radius 3 is 2.64 bits per heavy atom. The number of likely N-dealkylation sites (tertiary alicyclic amines) is 1. The zero-order valence-corrected chi connectivity index (χ0v) is 21.7. The number of carboxylic acid groups (broad SMARTS) is 1. The SMILES string of the molecule is COc1ccc2ncc(CN)c([C@H](O)CCC3(C(=O)O)CCN(CCNc4cc(F)cc(F)c4F)CC3)c2c1. The number of halogens is 3. The van der Waals surface area contributed by atoms with Crippen LogP contribution < -0.4 is 15.8 Å². The summed E-state index contributed by atoms with van der Waals surface area (Å²) in [6.07, 6.45) is 1.92. The molecule has 2 heterocycles. The fourth-order valence-corrected chi connectivity index (χ4v) is 5.28. The minimum Gasteiger partial charge on any atom is -0.497 e. The van der Waals surface area contributed by atoms with Crippen LogP contribution in [0.25, 0.3) is 10.9 Å². The summed E-state index contributed by atoms with van der Waals surface area (Å²) >= 11 is 0. The number of nitrogens with zero attached hydrogens (tertiary/aromatic N) is 2. The van der Waals surface area contributed by atoms with E-state index in [1.165, 1.54) is 0 Å². The predicted octanol–water partition coefficient (Wildman–Crippen LogP) is 4.21. The average Bonchev–Trinajstić information content (AvgIpc) is 2.93. The number of fused-ring (bicyclic) bond motifs is 1. The number of aliphatic hydroxyl groups excluding tert-OH is 1. The molecule has 39 heavy (non-hydrogen) atoms. The van der Waals surface area contributed by atoms with Crippen LogP contribution in [0, 0.1) is 22.9 Å². The van der Waals surface area contributed by atoms with Crippen molar-refractivity contribution in [3.63, 3.8) is 0 Å². The lowest BCUT2D eigenvalue weighted by Gasteiger charge is -2.39. The third-order valence-corrected chi connectivity index (χ3v) is 7.65. The van der Waals surface area contributed by atoms with Crippen molar-refractivity contribution >= 4 is 22.6 Å². The molecule has 0 aliphatic carbocycles. The monoisotopic (exact) mass is 546 g/mol. The summed E-state index contributed by atoms with van der Waals surface area (Å²) in [5.41, 5.74) is 6.67. The number of aromatic nitrogens is 1. The average molecular weight is 547 g/mol. The molecule has 1 saturated heterocycles. The van der Waals surface area contributed by atoms with Gasteiger partial charge in [-0.3, -0.25) is 9.78 Å². The van der Waals surface area contributed by atoms with E-state index >= 15 is 0 Å². The molecule has 0 saturated carbocycles. The van der Waals surface area contributed by atoms with Gasteiger partial charge in [0.25, 0.3) is 0 Å². The number of methoxy groups -OCH3 is 1. The third kappa shape index (κ3) is 6.26. The first-order valence-electron chi connectivity index (χ1n) is 12.9. The number of nitrogens with two attached hydrogens (primary N) is 1. The van der Waals surface area contributed by atoms with Gasteiger partial charge in [0.2, 0.25) is 0 Å². The Hall–Kier alpha value is -3.41. The molecule has 5 N–H and O–H groups in total. The molecule has 11 heteroatoms. The second kappa shape index (κ2) is 12.2. The lowest BCUT2D eigenvalue weighted by atomic mass is 9.74. The van der Waals surface area contributed by atoms with Crippen LogP contribution in [0.2, 0.25) is 0 Å². The molecule has 1 fully saturated rings. The van der Waals surface area contributed by atoms with Crippen LogP contribution in [-0.2, 0) is 11.3 Å². The van der Waals surface area contributed by atoms with Gasteiger partial charge in [-0.15, -0.1) is 0 Å². The summed E-state index contributed by atoms with van der Waals surface area (Å²) in [5, 5.41) is 24.8. The molecule has 0 radical (unpaired) electrons. The molecule has 1 aromatic heterocycles. The van der Waals surface area contributed by atoms with Crippen LogP contribution in [0.3, 0.4) is 0 Å². The van der Waals surface area contributed by atoms with Crippen molar-refractivity contribution in [1.29, 1.82) is 0 Å². The maximum atomic E-state index is 13.9. The van der Waals surface area contributed by atoms with Crippen LogP contribution in [0.1, 0.15) is 42.9 Å². The van der Waals surface area contributed by atoms with E-state index in [4.69, 9.17) is 10.5 Å². The highest BCUT2D eigenvalue weighted by atomic mass is 19.2. The van der Waals surface area contributed by atoms with Gasteiger partial charge in [-0.05, 0) is 68.1 Å². The molecule has 2 aromatic carbocycles. The van der Waals surface area contributed by atoms with E-state index in [1.54, 1.807) is 31.5 Å². The number of ether oxygens (including phenoxy) is 1. The van der Waals surface area contributed by atoms with Crippen LogP contribution >= 0.6 is 0 Å². The number of anilines is 1. The van der Waals surface area contributed by atoms with Crippen molar-refractivity contribution in [2.45, 2.75) is 38.3 Å². The normalized spacial score (nSPS) is 16.3. The minimum atomic E-state index is -1.26. The topological polar surface area (TPSA) is 121 Å². The van der Waals surface area contributed by atoms with Crippen LogP contribution in [0.15, 0.2) is 36.5 Å². The number of nitrogens with one attached hydrogen (secondary N) is 1. The Labute approximate surface area is 224 Å². The number of benzene rings is 2. The number of carboxylic acids is 1. The second-order valence-corrected chi connectivity index (χ2v) is 9.94. The molecule has 0 bridgehead atoms. The zero-order chi connectivity index (χ0) is 28.2. The van der Waals surface area contributed by atoms with Crippen molar-refractivity contribution in [2.24, 2.45) is 11.1 Å². The molecule has 8 nitrogen and oxygen atoms in total. The van der Waals surface area contributed by atoms with Crippen molar-refractivity contribution in [2.75, 3.05) is 38.6 Å². The molecule has 0 spiro atoms. The fourth-order valence-electron chi connectivity index (χ4n) is 5.28. The molecule has 0 unspecified atom stereocenters. The zero-order valence-electron chi connectivity index (χ0n) is 21.7. The molecular formula is C28H33F3N4O4. The summed E-state index contributed by atoms with van der Waals surface area (Å²) in [6, 6.07) is 6.76. The smallest absolute Gasteiger partial charge is 0.309 e. The lowest BCUT2D eigenvalue weighted by Crippen LogP contribution is -2.45. The third-order valence-electron chi connectivity index (χ3n) is 7.65. The number of pyridine rings is 1. The van der Waals surface area contributed by atoms with Crippen molar-refractivity contribution in [1.82, 2.24) is 9.88 Å². The molecule has 0 amide bonds. The van der Waals surface area contributed by atoms with Gasteiger partial charge in [0.1, 0.15) is 11.6 Å². The summed E-state index contributed by atoms with van der Waals surface area (Å²) in [6.45, 7) is 1.81. The molecule has 210 valence electrons. The number of aliphatic carboxylic acids is 1. The standard InChI is InChI=1S/C28H33F3N4O4/c1-39-19-2-3-22-20(14-19)25(17(15-32)16-34-22)24(36)4-5-28(27(37)38)6-9-35(10-7-28)11-8-33-23-13-18(29)12-21(30)26(23)31/h2-3,12-14,16,24,33,36H,4-11,15,32H2,1H3,(H,37,38)/t24-/m1/s1. The fraction of sp³-hybridized carbons (Fsp3) is 0.429. The largest absolute Gasteiger partial charge is 0.497 e. The van der Waals surface area contributed by atoms with Crippen molar-refractivity contribution < 1.29 is 32.9 Å². The first-order chi connectivity index (χ1) is 18.7. The Balaban J connectivity index is 1.39. The first-order valence-corrected chi connectivity index (χ1v) is 12.9. The molecular weight excluding hydrogens is 513 g/mol. The summed E-state index contributed by atoms with van der Waals surface area (Å²) in [4.78, 5) is 18.8. The maximum Gasteiger partial charge on any atom is 0.309 e. The number of hydrogen-bond acceptors (Lipinski definition) is 7. The molecule has 4 rings (SSSR count). The van der Waals surface area contributed by atoms with E-state index in [-0.39, 0.29) is 31.6 Å². The highest BCUT2D eigenvalue weighted by molar-refractivity contribution is 5.85. The van der Waals surface area contributed by atoms with E-state index in [9.17, 15) is 28.2 Å². The summed E-state index contributed by atoms with van der Waals surface area (Å²) in [5.74, 6) is -3.58. The lowest BCUT2D eigenvalue weighted by molar-refractivity contribution is -0.153. The number of piperidine rings is 1. The Bertz CT molecular complexity index is 1330. The van der Waals surface area contributed by atoms with Crippen LogP contribution in [-0.4, -0.2) is 59.4 Å². The van der Waals surface area contributed by atoms with Crippen molar-refractivity contribution in [3.05, 3.63) is 65.1 Å². The number of rotatable bonds is 11. The van der Waals surface area contributed by atoms with Gasteiger partial charge in [0, 0.05) is 43.4 Å². The Morgan fingerprint density at radius 1 is 1.23 bits per heavy atom. The van der Waals surface area contributed by atoms with Crippen molar-refractivity contribution in [3.8, 4) is 5.75 Å². The maximum absolute atomic E-state index is 13.9. The van der Waals surface area contributed by atoms with Gasteiger partial charge in [-0.25, -0.2) is 13.2 Å². The Kier molecular flexibility index (Phi) is 8.94. The van der Waals surface area contributed by atoms with Gasteiger partial charge in [-0.1, -0.05) is 0 Å². The Morgan fingerprint density at radius 2 is 1.97 bits per heavy atom. The van der Waals surface area contributed by atoms with Gasteiger partial charge in [0.15, 0.2) is 11.6 Å². The van der Waals surface area contributed by atoms with E-state index in [2.05, 4.69) is 10.3 Å². The molecule has 1 aliphatic rings. The van der Waals surface area contributed by atoms with Crippen LogP contribution in [0.4, 0.5) is 18.9 Å².